The van der Waals surface area contributed by atoms with E-state index in [1.165, 1.54) is 6.26 Å². The number of carbonyl (C=O) groups excluding carboxylic acids is 2. The van der Waals surface area contributed by atoms with E-state index in [2.05, 4.69) is 14.9 Å². The van der Waals surface area contributed by atoms with Gasteiger partial charge in [-0.3, -0.25) is 15.0 Å². The molecule has 170 valence electrons. The molecule has 0 bridgehead atoms. The summed E-state index contributed by atoms with van der Waals surface area (Å²) in [4.78, 5) is 37.1. The van der Waals surface area contributed by atoms with Crippen molar-refractivity contribution in [3.05, 3.63) is 66.4 Å². The number of piperazine rings is 1. The summed E-state index contributed by atoms with van der Waals surface area (Å²) in [5.74, 6) is 0.756. The van der Waals surface area contributed by atoms with Crippen molar-refractivity contribution in [1.29, 1.82) is 5.41 Å². The fourth-order valence-electron chi connectivity index (χ4n) is 3.79. The van der Waals surface area contributed by atoms with E-state index in [0.29, 0.717) is 50.7 Å². The Hall–Kier alpha value is -4.01. The monoisotopic (exact) mass is 446 g/mol. The summed E-state index contributed by atoms with van der Waals surface area (Å²) in [6.07, 6.45) is 6.04. The van der Waals surface area contributed by atoms with Gasteiger partial charge >= 0.3 is 0 Å². The number of rotatable bonds is 8. The van der Waals surface area contributed by atoms with Gasteiger partial charge in [0.05, 0.1) is 18.5 Å². The second-order valence-corrected chi connectivity index (χ2v) is 7.97. The SMILES string of the molecule is N=C(N)CC(=O)CCc1cccc(-c2cnc(N3CCN(C(=O)c4ccco4)CC3)nc2)c1. The summed E-state index contributed by atoms with van der Waals surface area (Å²) in [5, 5.41) is 7.22. The Morgan fingerprint density at radius 3 is 2.45 bits per heavy atom. The molecule has 3 heterocycles. The number of nitrogens with two attached hydrogens (primary N) is 1. The van der Waals surface area contributed by atoms with Gasteiger partial charge < -0.3 is 20.0 Å². The van der Waals surface area contributed by atoms with Crippen molar-refractivity contribution < 1.29 is 14.0 Å². The zero-order valence-electron chi connectivity index (χ0n) is 18.2. The zero-order valence-corrected chi connectivity index (χ0v) is 18.2. The predicted octanol–water partition coefficient (Wildman–Crippen LogP) is 2.53. The minimum Gasteiger partial charge on any atom is -0.459 e. The Morgan fingerprint density at radius 1 is 1.03 bits per heavy atom. The van der Waals surface area contributed by atoms with E-state index >= 15 is 0 Å². The van der Waals surface area contributed by atoms with Gasteiger partial charge in [-0.25, -0.2) is 9.97 Å². The molecule has 1 aliphatic heterocycles. The van der Waals surface area contributed by atoms with Crippen LogP contribution in [0.1, 0.15) is 29.0 Å². The highest BCUT2D eigenvalue weighted by molar-refractivity contribution is 5.98. The van der Waals surface area contributed by atoms with Crippen molar-refractivity contribution in [3.63, 3.8) is 0 Å². The van der Waals surface area contributed by atoms with Crippen LogP contribution >= 0.6 is 0 Å². The van der Waals surface area contributed by atoms with Gasteiger partial charge in [-0.05, 0) is 29.7 Å². The molecule has 9 heteroatoms. The van der Waals surface area contributed by atoms with Crippen LogP contribution in [0.25, 0.3) is 11.1 Å². The first-order valence-corrected chi connectivity index (χ1v) is 10.8. The van der Waals surface area contributed by atoms with Gasteiger partial charge in [-0.1, -0.05) is 24.3 Å². The first-order chi connectivity index (χ1) is 16.0. The lowest BCUT2D eigenvalue weighted by atomic mass is 10.0. The van der Waals surface area contributed by atoms with Crippen molar-refractivity contribution in [2.75, 3.05) is 31.1 Å². The van der Waals surface area contributed by atoms with Crippen LogP contribution in [0.5, 0.6) is 0 Å². The number of amidine groups is 1. The lowest BCUT2D eigenvalue weighted by Gasteiger charge is -2.34. The normalized spacial score (nSPS) is 13.7. The molecular formula is C24H26N6O3. The molecule has 1 aliphatic rings. The second kappa shape index (κ2) is 10.1. The molecule has 0 aliphatic carbocycles. The van der Waals surface area contributed by atoms with Crippen LogP contribution in [0.2, 0.25) is 0 Å². The summed E-state index contributed by atoms with van der Waals surface area (Å²) in [7, 11) is 0. The Balaban J connectivity index is 1.34. The molecule has 0 spiro atoms. The van der Waals surface area contributed by atoms with E-state index in [1.54, 1.807) is 29.4 Å². The van der Waals surface area contributed by atoms with Crippen LogP contribution in [0.3, 0.4) is 0 Å². The number of ketones is 1. The number of anilines is 1. The average Bonchev–Trinajstić information content (AvgIpc) is 3.37. The maximum atomic E-state index is 12.4. The number of aryl methyl sites for hydroxylation is 1. The fraction of sp³-hybridized carbons (Fsp3) is 0.292. The third kappa shape index (κ3) is 5.62. The van der Waals surface area contributed by atoms with Crippen LogP contribution in [-0.2, 0) is 11.2 Å². The quantitative estimate of drug-likeness (QED) is 0.402. The molecule has 1 aromatic carbocycles. The van der Waals surface area contributed by atoms with E-state index in [-0.39, 0.29) is 23.9 Å². The standard InChI is InChI=1S/C24H26N6O3/c25-22(26)14-20(31)7-6-17-3-1-4-18(13-17)19-15-27-24(28-16-19)30-10-8-29(9-11-30)23(32)21-5-2-12-33-21/h1-5,12-13,15-16H,6-11,14H2,(H3,25,26). The summed E-state index contributed by atoms with van der Waals surface area (Å²) < 4.78 is 5.21. The lowest BCUT2D eigenvalue weighted by molar-refractivity contribution is -0.117. The van der Waals surface area contributed by atoms with Gasteiger partial charge in [0.15, 0.2) is 5.76 Å². The number of furan rings is 1. The maximum absolute atomic E-state index is 12.4. The van der Waals surface area contributed by atoms with Gasteiger partial charge in [0.25, 0.3) is 5.91 Å². The molecule has 3 N–H and O–H groups in total. The molecule has 1 fully saturated rings. The molecule has 0 saturated carbocycles. The molecule has 1 saturated heterocycles. The van der Waals surface area contributed by atoms with Crippen molar-refractivity contribution in [2.45, 2.75) is 19.3 Å². The highest BCUT2D eigenvalue weighted by atomic mass is 16.3. The fourth-order valence-corrected chi connectivity index (χ4v) is 3.79. The minimum absolute atomic E-state index is 0.000260. The van der Waals surface area contributed by atoms with Crippen molar-refractivity contribution in [1.82, 2.24) is 14.9 Å². The lowest BCUT2D eigenvalue weighted by Crippen LogP contribution is -2.49. The second-order valence-electron chi connectivity index (χ2n) is 7.97. The number of benzene rings is 1. The van der Waals surface area contributed by atoms with Crippen LogP contribution in [-0.4, -0.2) is 58.6 Å². The predicted molar refractivity (Wildman–Crippen MR) is 124 cm³/mol. The summed E-state index contributed by atoms with van der Waals surface area (Å²) in [6.45, 7) is 2.45. The zero-order chi connectivity index (χ0) is 23.2. The number of carbonyl (C=O) groups is 2. The first-order valence-electron chi connectivity index (χ1n) is 10.8. The molecule has 2 aromatic heterocycles. The molecule has 0 atom stereocenters. The minimum atomic E-state index is -0.100. The van der Waals surface area contributed by atoms with E-state index in [9.17, 15) is 9.59 Å². The molecule has 4 rings (SSSR count). The van der Waals surface area contributed by atoms with Crippen LogP contribution in [0.15, 0.2) is 59.5 Å². The van der Waals surface area contributed by atoms with Crippen molar-refractivity contribution in [2.24, 2.45) is 5.73 Å². The molecule has 1 amide bonds. The van der Waals surface area contributed by atoms with E-state index < -0.39 is 0 Å². The Kier molecular flexibility index (Phi) is 6.77. The van der Waals surface area contributed by atoms with Crippen LogP contribution in [0.4, 0.5) is 5.95 Å². The Morgan fingerprint density at radius 2 is 1.79 bits per heavy atom. The van der Waals surface area contributed by atoms with E-state index in [0.717, 1.165) is 16.7 Å². The third-order valence-corrected chi connectivity index (χ3v) is 5.56. The van der Waals surface area contributed by atoms with Gasteiger partial charge in [0, 0.05) is 50.6 Å². The highest BCUT2D eigenvalue weighted by Crippen LogP contribution is 2.22. The molecule has 3 aromatic rings. The Bertz CT molecular complexity index is 1120. The number of hydrogen-bond acceptors (Lipinski definition) is 7. The molecule has 0 radical (unpaired) electrons. The topological polar surface area (TPSA) is 129 Å². The number of nitrogens with one attached hydrogen (secondary N) is 1. The highest BCUT2D eigenvalue weighted by Gasteiger charge is 2.24. The molecule has 33 heavy (non-hydrogen) atoms. The molecule has 0 unspecified atom stereocenters. The number of hydrogen-bond donors (Lipinski definition) is 2. The van der Waals surface area contributed by atoms with Gasteiger partial charge in [-0.2, -0.15) is 0 Å². The third-order valence-electron chi connectivity index (χ3n) is 5.56. The van der Waals surface area contributed by atoms with Gasteiger partial charge in [0.1, 0.15) is 5.78 Å². The first kappa shape index (κ1) is 22.2. The summed E-state index contributed by atoms with van der Waals surface area (Å²) in [5.41, 5.74) is 8.20. The Labute approximate surface area is 191 Å². The van der Waals surface area contributed by atoms with E-state index in [4.69, 9.17) is 15.6 Å². The van der Waals surface area contributed by atoms with Crippen molar-refractivity contribution >= 4 is 23.5 Å². The summed E-state index contributed by atoms with van der Waals surface area (Å²) in [6, 6.07) is 11.3. The van der Waals surface area contributed by atoms with Gasteiger partial charge in [-0.15, -0.1) is 0 Å². The number of Topliss-reactive ketones (excluding diaryl/α,β-unsaturated/α-hetero) is 1. The van der Waals surface area contributed by atoms with E-state index in [1.807, 2.05) is 24.3 Å². The van der Waals surface area contributed by atoms with Crippen LogP contribution < -0.4 is 10.6 Å². The number of nitrogens with zero attached hydrogens (tertiary/aromatic N) is 4. The average molecular weight is 447 g/mol. The molecular weight excluding hydrogens is 420 g/mol. The van der Waals surface area contributed by atoms with Crippen LogP contribution in [0, 0.1) is 5.41 Å². The van der Waals surface area contributed by atoms with Gasteiger partial charge in [0.2, 0.25) is 5.95 Å². The summed E-state index contributed by atoms with van der Waals surface area (Å²) >= 11 is 0. The van der Waals surface area contributed by atoms with Crippen molar-refractivity contribution in [3.8, 4) is 11.1 Å². The molecule has 9 nitrogen and oxygen atoms in total. The number of amides is 1. The maximum Gasteiger partial charge on any atom is 0.289 e. The number of aromatic nitrogens is 2. The largest absolute Gasteiger partial charge is 0.459 e. The smallest absolute Gasteiger partial charge is 0.289 e.